The van der Waals surface area contributed by atoms with Crippen LogP contribution in [0.25, 0.3) is 0 Å². The van der Waals surface area contributed by atoms with Gasteiger partial charge in [-0.1, -0.05) is 0 Å². The van der Waals surface area contributed by atoms with Gasteiger partial charge in [0.25, 0.3) is 0 Å². The van der Waals surface area contributed by atoms with E-state index < -0.39 is 0 Å². The molecule has 0 aliphatic heterocycles. The van der Waals surface area contributed by atoms with Gasteiger partial charge in [0.05, 0.1) is 0 Å². The molecular formula is HAlFLiNa. The summed E-state index contributed by atoms with van der Waals surface area (Å²) in [5, 5.41) is 0. The van der Waals surface area contributed by atoms with Gasteiger partial charge in [-0.3, -0.25) is 4.70 Å². The van der Waals surface area contributed by atoms with Gasteiger partial charge in [-0.2, -0.15) is 0 Å². The molecular weight excluding hydrogens is 75.9 g/mol. The predicted octanol–water partition coefficient (Wildman–Crippen LogP) is -0.990. The van der Waals surface area contributed by atoms with Gasteiger partial charge in [0.1, 0.15) is 0 Å². The summed E-state index contributed by atoms with van der Waals surface area (Å²) < 4.78 is 0. The Morgan fingerprint density at radius 1 is 1.00 bits per heavy atom. The van der Waals surface area contributed by atoms with Crippen LogP contribution < -0.4 is 0 Å². The van der Waals surface area contributed by atoms with Crippen molar-refractivity contribution < 1.29 is 4.70 Å². The van der Waals surface area contributed by atoms with E-state index in [1.54, 1.807) is 0 Å². The van der Waals surface area contributed by atoms with Crippen LogP contribution in [-0.4, -0.2) is 65.8 Å². The summed E-state index contributed by atoms with van der Waals surface area (Å²) in [7, 11) is 0. The fraction of sp³-hybridized carbons (Fsp3) is 0. The molecule has 5 radical (unpaired) electrons. The van der Waals surface area contributed by atoms with E-state index in [0.717, 1.165) is 0 Å². The first-order valence-corrected chi connectivity index (χ1v) is 0. The normalized spacial score (nSPS) is 0. The van der Waals surface area contributed by atoms with E-state index >= 15 is 0 Å². The van der Waals surface area contributed by atoms with Gasteiger partial charge in [0.15, 0.2) is 0 Å². The molecule has 0 saturated carbocycles. The molecule has 0 unspecified atom stereocenters. The predicted molar refractivity (Wildman–Crippen MR) is 19.8 cm³/mol. The van der Waals surface area contributed by atoms with Crippen molar-refractivity contribution in [3.05, 3.63) is 0 Å². The van der Waals surface area contributed by atoms with Crippen molar-refractivity contribution in [1.29, 1.82) is 0 Å². The number of halogens is 1. The molecule has 0 heterocycles. The van der Waals surface area contributed by atoms with Crippen molar-refractivity contribution in [2.45, 2.75) is 0 Å². The van der Waals surface area contributed by atoms with E-state index in [9.17, 15) is 0 Å². The van der Waals surface area contributed by atoms with Crippen molar-refractivity contribution in [1.82, 2.24) is 0 Å². The van der Waals surface area contributed by atoms with E-state index in [2.05, 4.69) is 0 Å². The number of hydrogen-bond acceptors (Lipinski definition) is 0. The Morgan fingerprint density at radius 2 is 1.00 bits per heavy atom. The second kappa shape index (κ2) is 19.7. The van der Waals surface area contributed by atoms with E-state index in [-0.39, 0.29) is 70.5 Å². The molecule has 4 heavy (non-hydrogen) atoms. The summed E-state index contributed by atoms with van der Waals surface area (Å²) >= 11 is 0. The molecule has 0 aromatic heterocycles. The third-order valence-corrected chi connectivity index (χ3v) is 0. The van der Waals surface area contributed by atoms with Crippen LogP contribution in [0.4, 0.5) is 4.70 Å². The van der Waals surface area contributed by atoms with Gasteiger partial charge in [-0.15, -0.1) is 0 Å². The molecule has 4 heteroatoms. The summed E-state index contributed by atoms with van der Waals surface area (Å²) in [6, 6.07) is 0. The Morgan fingerprint density at radius 3 is 1.00 bits per heavy atom. The van der Waals surface area contributed by atoms with E-state index in [1.165, 1.54) is 0 Å². The van der Waals surface area contributed by atoms with Gasteiger partial charge in [-0.05, 0) is 0 Å². The Hall–Kier alpha value is 2.06. The van der Waals surface area contributed by atoms with Crippen LogP contribution >= 0.6 is 0 Å². The fourth-order valence-corrected chi connectivity index (χ4v) is 0. The van der Waals surface area contributed by atoms with Crippen molar-refractivity contribution >= 4 is 65.8 Å². The molecule has 0 saturated heterocycles. The Kier molecular flexibility index (Phi) is 180. The van der Waals surface area contributed by atoms with Crippen LogP contribution in [0.1, 0.15) is 0 Å². The minimum atomic E-state index is 0. The Bertz CT molecular complexity index is 8.00. The van der Waals surface area contributed by atoms with Crippen molar-refractivity contribution in [3.63, 3.8) is 0 Å². The summed E-state index contributed by atoms with van der Waals surface area (Å²) in [6.45, 7) is 0. The van der Waals surface area contributed by atoms with Crippen LogP contribution in [0.5, 0.6) is 0 Å². The monoisotopic (exact) mass is 77.0 g/mol. The molecule has 0 spiro atoms. The maximum absolute atomic E-state index is 0. The second-order valence-corrected chi connectivity index (χ2v) is 0. The third kappa shape index (κ3) is 8.96. The minimum absolute atomic E-state index is 0. The molecule has 13 valence electrons. The van der Waals surface area contributed by atoms with E-state index in [0.29, 0.717) is 0 Å². The zero-order valence-corrected chi connectivity index (χ0v) is 6.14. The van der Waals surface area contributed by atoms with E-state index in [1.807, 2.05) is 0 Å². The molecule has 0 rings (SSSR count). The summed E-state index contributed by atoms with van der Waals surface area (Å²) in [4.78, 5) is 0. The van der Waals surface area contributed by atoms with Crippen LogP contribution in [0.3, 0.4) is 0 Å². The largest absolute Gasteiger partial charge is 0.269 e. The van der Waals surface area contributed by atoms with Gasteiger partial charge < -0.3 is 0 Å². The molecule has 0 fully saturated rings. The zero-order chi connectivity index (χ0) is 0. The van der Waals surface area contributed by atoms with Crippen LogP contribution in [-0.2, 0) is 0 Å². The average molecular weight is 76.9 g/mol. The average Bonchev–Trinajstić information content (AvgIpc) is 0. The fourth-order valence-electron chi connectivity index (χ4n) is 0. The summed E-state index contributed by atoms with van der Waals surface area (Å²) in [5.74, 6) is 0. The Labute approximate surface area is 69.7 Å². The molecule has 0 aromatic carbocycles. The van der Waals surface area contributed by atoms with Crippen molar-refractivity contribution in [3.8, 4) is 0 Å². The third-order valence-electron chi connectivity index (χ3n) is 0. The first-order valence-electron chi connectivity index (χ1n) is 0. The second-order valence-electron chi connectivity index (χ2n) is 0. The molecule has 0 atom stereocenters. The Balaban J connectivity index is 0. The van der Waals surface area contributed by atoms with Crippen molar-refractivity contribution in [2.24, 2.45) is 0 Å². The molecule has 0 aromatic rings. The van der Waals surface area contributed by atoms with E-state index in [4.69, 9.17) is 0 Å². The topological polar surface area (TPSA) is 0 Å². The van der Waals surface area contributed by atoms with Crippen molar-refractivity contribution in [2.75, 3.05) is 0 Å². The maximum Gasteiger partial charge on any atom is 0 e. The van der Waals surface area contributed by atoms with Gasteiger partial charge in [0.2, 0.25) is 0 Å². The molecule has 0 N–H and O–H groups in total. The summed E-state index contributed by atoms with van der Waals surface area (Å²) in [6.07, 6.45) is 0. The molecule has 0 amide bonds. The molecule has 0 nitrogen and oxygen atoms in total. The summed E-state index contributed by atoms with van der Waals surface area (Å²) in [5.41, 5.74) is 0. The van der Waals surface area contributed by atoms with Gasteiger partial charge in [0, 0.05) is 65.8 Å². The molecule has 0 aliphatic rings. The first-order chi connectivity index (χ1) is 0. The number of hydrogen-bond donors (Lipinski definition) is 0. The number of rotatable bonds is 0. The molecule has 0 bridgehead atoms. The quantitative estimate of drug-likeness (QED) is 0.325. The smallest absolute Gasteiger partial charge is 0 e. The first kappa shape index (κ1) is 36.6. The van der Waals surface area contributed by atoms with Crippen LogP contribution in [0.2, 0.25) is 0 Å². The zero-order valence-electron chi connectivity index (χ0n) is 2.99. The minimum Gasteiger partial charge on any atom is -0.269 e. The standard InChI is InChI=1S/Al.FH.Li.Na/h;1H;;. The molecule has 0 aliphatic carbocycles. The van der Waals surface area contributed by atoms with Gasteiger partial charge in [-0.25, -0.2) is 0 Å². The van der Waals surface area contributed by atoms with Gasteiger partial charge >= 0.3 is 0 Å². The maximum atomic E-state index is 0. The van der Waals surface area contributed by atoms with Crippen LogP contribution in [0.15, 0.2) is 0 Å². The SMILES string of the molecule is F.[Al].[Li].[Na]. The van der Waals surface area contributed by atoms with Crippen LogP contribution in [0, 0.1) is 0 Å².